The Hall–Kier alpha value is -1.59. The third-order valence-corrected chi connectivity index (χ3v) is 1.25. The number of carbonyl (C=O) groups excluding carboxylic acids is 2. The highest BCUT2D eigenvalue weighted by molar-refractivity contribution is 6.01. The van der Waals surface area contributed by atoms with Gasteiger partial charge in [0, 0.05) is 0 Å². The van der Waals surface area contributed by atoms with Crippen molar-refractivity contribution in [3.05, 3.63) is 0 Å². The summed E-state index contributed by atoms with van der Waals surface area (Å²) < 4.78 is 0. The van der Waals surface area contributed by atoms with Gasteiger partial charge in [0.25, 0.3) is 0 Å². The van der Waals surface area contributed by atoms with Gasteiger partial charge in [-0.25, -0.2) is 9.59 Å². The Morgan fingerprint density at radius 3 is 2.64 bits per heavy atom. The standard InChI is InChI=1S/C5H6N2O4/c8-3-1-2(4(9)10)6-5(11)7-3/h2H,1H2,(H,9,10)(H2,6,7,8,11). The number of carboxylic acids is 1. The fraction of sp³-hybridized carbons (Fsp3) is 0.400. The minimum Gasteiger partial charge on any atom is -0.480 e. The summed E-state index contributed by atoms with van der Waals surface area (Å²) in [7, 11) is 0. The third-order valence-electron chi connectivity index (χ3n) is 1.25. The fourth-order valence-electron chi connectivity index (χ4n) is 0.757. The molecule has 60 valence electrons. The SMILES string of the molecule is O=C1CC(C(=O)O)NC(=O)N1. The molecule has 1 fully saturated rings. The van der Waals surface area contributed by atoms with Gasteiger partial charge < -0.3 is 10.4 Å². The Bertz CT molecular complexity index is 209. The number of nitrogens with one attached hydrogen (secondary N) is 2. The van der Waals surface area contributed by atoms with Crippen molar-refractivity contribution in [1.82, 2.24) is 10.6 Å². The van der Waals surface area contributed by atoms with Crippen LogP contribution in [0.15, 0.2) is 0 Å². The summed E-state index contributed by atoms with van der Waals surface area (Å²) in [5.74, 6) is -1.77. The predicted molar refractivity (Wildman–Crippen MR) is 32.7 cm³/mol. The second-order valence-electron chi connectivity index (χ2n) is 2.12. The molecule has 0 spiro atoms. The number of hydrogen-bond donors (Lipinski definition) is 3. The number of aliphatic carboxylic acids is 1. The molecule has 1 aliphatic rings. The molecule has 3 amide bonds. The molecule has 1 aliphatic heterocycles. The molecule has 0 saturated carbocycles. The molecular weight excluding hydrogens is 152 g/mol. The minimum atomic E-state index is -1.20. The minimum absolute atomic E-state index is 0.207. The summed E-state index contributed by atoms with van der Waals surface area (Å²) >= 11 is 0. The zero-order chi connectivity index (χ0) is 8.43. The Kier molecular flexibility index (Phi) is 1.75. The van der Waals surface area contributed by atoms with Crippen molar-refractivity contribution in [2.24, 2.45) is 0 Å². The van der Waals surface area contributed by atoms with Crippen LogP contribution in [0, 0.1) is 0 Å². The molecule has 1 rings (SSSR count). The van der Waals surface area contributed by atoms with Crippen LogP contribution in [0.25, 0.3) is 0 Å². The molecule has 0 radical (unpaired) electrons. The van der Waals surface area contributed by atoms with Crippen LogP contribution in [-0.4, -0.2) is 29.1 Å². The highest BCUT2D eigenvalue weighted by Crippen LogP contribution is 1.97. The first-order chi connectivity index (χ1) is 5.09. The first-order valence-corrected chi connectivity index (χ1v) is 2.93. The molecule has 11 heavy (non-hydrogen) atoms. The summed E-state index contributed by atoms with van der Waals surface area (Å²) in [6.45, 7) is 0. The van der Waals surface area contributed by atoms with Crippen LogP contribution in [0.1, 0.15) is 6.42 Å². The first kappa shape index (κ1) is 7.52. The van der Waals surface area contributed by atoms with E-state index in [0.717, 1.165) is 0 Å². The monoisotopic (exact) mass is 158 g/mol. The number of imide groups is 1. The average Bonchev–Trinajstić information content (AvgIpc) is 1.85. The van der Waals surface area contributed by atoms with Crippen LogP contribution in [0.5, 0.6) is 0 Å². The molecule has 0 bridgehead atoms. The van der Waals surface area contributed by atoms with Crippen molar-refractivity contribution in [3.8, 4) is 0 Å². The van der Waals surface area contributed by atoms with Gasteiger partial charge in [0.2, 0.25) is 5.91 Å². The molecule has 6 nitrogen and oxygen atoms in total. The second kappa shape index (κ2) is 2.57. The topological polar surface area (TPSA) is 95.5 Å². The summed E-state index contributed by atoms with van der Waals surface area (Å²) in [6, 6.07) is -1.84. The van der Waals surface area contributed by atoms with E-state index in [9.17, 15) is 14.4 Å². The van der Waals surface area contributed by atoms with E-state index in [1.165, 1.54) is 0 Å². The summed E-state index contributed by atoms with van der Waals surface area (Å²) in [5, 5.41) is 12.4. The number of rotatable bonds is 1. The lowest BCUT2D eigenvalue weighted by Crippen LogP contribution is -2.55. The van der Waals surface area contributed by atoms with E-state index >= 15 is 0 Å². The maximum absolute atomic E-state index is 10.6. The van der Waals surface area contributed by atoms with E-state index in [4.69, 9.17) is 5.11 Å². The van der Waals surface area contributed by atoms with Gasteiger partial charge in [-0.05, 0) is 0 Å². The van der Waals surface area contributed by atoms with Gasteiger partial charge in [-0.2, -0.15) is 0 Å². The largest absolute Gasteiger partial charge is 0.480 e. The maximum Gasteiger partial charge on any atom is 0.326 e. The lowest BCUT2D eigenvalue weighted by Gasteiger charge is -2.18. The van der Waals surface area contributed by atoms with Gasteiger partial charge in [-0.15, -0.1) is 0 Å². The Labute approximate surface area is 61.6 Å². The third kappa shape index (κ3) is 1.66. The van der Waals surface area contributed by atoms with E-state index in [2.05, 4.69) is 5.32 Å². The number of hydrogen-bond acceptors (Lipinski definition) is 3. The zero-order valence-electron chi connectivity index (χ0n) is 5.46. The smallest absolute Gasteiger partial charge is 0.326 e. The molecule has 1 unspecified atom stereocenters. The van der Waals surface area contributed by atoms with Crippen molar-refractivity contribution in [2.45, 2.75) is 12.5 Å². The number of carboxylic acid groups (broad SMARTS) is 1. The van der Waals surface area contributed by atoms with Gasteiger partial charge in [0.05, 0.1) is 6.42 Å². The van der Waals surface area contributed by atoms with E-state index in [1.54, 1.807) is 0 Å². The number of amides is 3. The van der Waals surface area contributed by atoms with E-state index in [-0.39, 0.29) is 6.42 Å². The molecule has 0 aromatic rings. The quantitative estimate of drug-likeness (QED) is 0.440. The summed E-state index contributed by atoms with van der Waals surface area (Å²) in [6.07, 6.45) is -0.207. The molecule has 0 aromatic carbocycles. The lowest BCUT2D eigenvalue weighted by atomic mass is 10.2. The van der Waals surface area contributed by atoms with Gasteiger partial charge in [-0.3, -0.25) is 10.1 Å². The fourth-order valence-corrected chi connectivity index (χ4v) is 0.757. The Morgan fingerprint density at radius 1 is 1.55 bits per heavy atom. The van der Waals surface area contributed by atoms with Gasteiger partial charge in [0.15, 0.2) is 0 Å². The van der Waals surface area contributed by atoms with Crippen LogP contribution in [0.2, 0.25) is 0 Å². The average molecular weight is 158 g/mol. The van der Waals surface area contributed by atoms with Crippen molar-refractivity contribution in [1.29, 1.82) is 0 Å². The van der Waals surface area contributed by atoms with Crippen LogP contribution >= 0.6 is 0 Å². The van der Waals surface area contributed by atoms with Gasteiger partial charge >= 0.3 is 12.0 Å². The highest BCUT2D eigenvalue weighted by Gasteiger charge is 2.28. The van der Waals surface area contributed by atoms with E-state index in [0.29, 0.717) is 0 Å². The van der Waals surface area contributed by atoms with Crippen molar-refractivity contribution in [2.75, 3.05) is 0 Å². The first-order valence-electron chi connectivity index (χ1n) is 2.93. The second-order valence-corrected chi connectivity index (χ2v) is 2.12. The van der Waals surface area contributed by atoms with E-state index in [1.807, 2.05) is 5.32 Å². The molecule has 3 N–H and O–H groups in total. The molecule has 0 aliphatic carbocycles. The van der Waals surface area contributed by atoms with Crippen molar-refractivity contribution in [3.63, 3.8) is 0 Å². The molecule has 6 heteroatoms. The van der Waals surface area contributed by atoms with Crippen molar-refractivity contribution < 1.29 is 19.5 Å². The van der Waals surface area contributed by atoms with Crippen LogP contribution in [-0.2, 0) is 9.59 Å². The highest BCUT2D eigenvalue weighted by atomic mass is 16.4. The van der Waals surface area contributed by atoms with Crippen LogP contribution < -0.4 is 10.6 Å². The molecular formula is C5H6N2O4. The number of urea groups is 1. The van der Waals surface area contributed by atoms with Crippen LogP contribution in [0.3, 0.4) is 0 Å². The zero-order valence-corrected chi connectivity index (χ0v) is 5.46. The molecule has 1 saturated heterocycles. The molecule has 0 aromatic heterocycles. The van der Waals surface area contributed by atoms with Crippen molar-refractivity contribution >= 4 is 17.9 Å². The summed E-state index contributed by atoms with van der Waals surface area (Å²) in [5.41, 5.74) is 0. The predicted octanol–water partition coefficient (Wildman–Crippen LogP) is -1.33. The van der Waals surface area contributed by atoms with Crippen LogP contribution in [0.4, 0.5) is 4.79 Å². The van der Waals surface area contributed by atoms with Gasteiger partial charge in [-0.1, -0.05) is 0 Å². The Balaban J connectivity index is 2.63. The normalized spacial score (nSPS) is 23.8. The molecule has 1 atom stereocenters. The lowest BCUT2D eigenvalue weighted by molar-refractivity contribution is -0.141. The van der Waals surface area contributed by atoms with Gasteiger partial charge in [0.1, 0.15) is 6.04 Å². The van der Waals surface area contributed by atoms with E-state index < -0.39 is 23.9 Å². The number of carbonyl (C=O) groups is 3. The Morgan fingerprint density at radius 2 is 2.18 bits per heavy atom. The summed E-state index contributed by atoms with van der Waals surface area (Å²) in [4.78, 5) is 31.3. The molecule has 1 heterocycles. The maximum atomic E-state index is 10.6.